The minimum atomic E-state index is 0.342. The Kier molecular flexibility index (Phi) is 4.31. The third-order valence-electron chi connectivity index (χ3n) is 2.76. The lowest BCUT2D eigenvalue weighted by molar-refractivity contribution is 0.577. The zero-order valence-corrected chi connectivity index (χ0v) is 12.3. The second kappa shape index (κ2) is 5.76. The van der Waals surface area contributed by atoms with Gasteiger partial charge in [0.05, 0.1) is 11.2 Å². The van der Waals surface area contributed by atoms with Crippen LogP contribution < -0.4 is 5.32 Å². The lowest BCUT2D eigenvalue weighted by Crippen LogP contribution is -2.17. The average Bonchev–Trinajstić information content (AvgIpc) is 2.72. The van der Waals surface area contributed by atoms with Crippen molar-refractivity contribution in [2.75, 3.05) is 0 Å². The van der Waals surface area contributed by atoms with E-state index in [4.69, 9.17) is 0 Å². The summed E-state index contributed by atoms with van der Waals surface area (Å²) in [5.74, 6) is 0. The largest absolute Gasteiger partial charge is 0.305 e. The first-order chi connectivity index (χ1) is 8.16. The van der Waals surface area contributed by atoms with Crippen molar-refractivity contribution in [3.05, 3.63) is 50.4 Å². The molecule has 0 saturated carbocycles. The second-order valence-corrected chi connectivity index (χ2v) is 5.87. The molecule has 0 spiro atoms. The van der Waals surface area contributed by atoms with Crippen molar-refractivity contribution in [2.24, 2.45) is 0 Å². The van der Waals surface area contributed by atoms with E-state index >= 15 is 0 Å². The van der Waals surface area contributed by atoms with E-state index in [1.807, 2.05) is 11.6 Å². The molecule has 0 radical (unpaired) electrons. The van der Waals surface area contributed by atoms with Crippen LogP contribution in [0.4, 0.5) is 0 Å². The fourth-order valence-electron chi connectivity index (χ4n) is 1.64. The van der Waals surface area contributed by atoms with Crippen LogP contribution in [-0.2, 0) is 6.54 Å². The number of halogens is 1. The molecule has 0 aliphatic heterocycles. The third kappa shape index (κ3) is 3.37. The topological polar surface area (TPSA) is 24.9 Å². The van der Waals surface area contributed by atoms with E-state index in [1.54, 1.807) is 11.3 Å². The molecular weight excluding hydrogens is 296 g/mol. The molecule has 1 heterocycles. The first-order valence-corrected chi connectivity index (χ1v) is 7.22. The van der Waals surface area contributed by atoms with E-state index in [9.17, 15) is 0 Å². The lowest BCUT2D eigenvalue weighted by atomic mass is 10.1. The molecule has 1 aromatic carbocycles. The highest BCUT2D eigenvalue weighted by Gasteiger charge is 2.07. The lowest BCUT2D eigenvalue weighted by Gasteiger charge is -2.14. The highest BCUT2D eigenvalue weighted by atomic mass is 79.9. The first-order valence-electron chi connectivity index (χ1n) is 5.54. The molecule has 0 aliphatic carbocycles. The van der Waals surface area contributed by atoms with Crippen molar-refractivity contribution < 1.29 is 0 Å². The van der Waals surface area contributed by atoms with Crippen LogP contribution in [0.2, 0.25) is 0 Å². The summed E-state index contributed by atoms with van der Waals surface area (Å²) in [6.07, 6.45) is 0. The maximum atomic E-state index is 4.25. The van der Waals surface area contributed by atoms with Gasteiger partial charge in [-0.3, -0.25) is 0 Å². The van der Waals surface area contributed by atoms with Gasteiger partial charge in [0.15, 0.2) is 0 Å². The number of hydrogen-bond acceptors (Lipinski definition) is 3. The quantitative estimate of drug-likeness (QED) is 0.921. The zero-order chi connectivity index (χ0) is 12.3. The van der Waals surface area contributed by atoms with Gasteiger partial charge in [0.1, 0.15) is 0 Å². The van der Waals surface area contributed by atoms with Crippen molar-refractivity contribution in [3.63, 3.8) is 0 Å². The van der Waals surface area contributed by atoms with E-state index in [-0.39, 0.29) is 0 Å². The first kappa shape index (κ1) is 12.7. The molecule has 90 valence electrons. The molecule has 2 nitrogen and oxygen atoms in total. The second-order valence-electron chi connectivity index (χ2n) is 4.02. The summed E-state index contributed by atoms with van der Waals surface area (Å²) < 4.78 is 1.12. The Bertz CT molecular complexity index is 496. The highest BCUT2D eigenvalue weighted by molar-refractivity contribution is 9.10. The minimum Gasteiger partial charge on any atom is -0.305 e. The number of thiazole rings is 1. The Labute approximate surface area is 114 Å². The fraction of sp³-hybridized carbons (Fsp3) is 0.308. The van der Waals surface area contributed by atoms with Crippen molar-refractivity contribution in [3.8, 4) is 0 Å². The molecule has 17 heavy (non-hydrogen) atoms. The molecule has 1 N–H and O–H groups in total. The van der Waals surface area contributed by atoms with Gasteiger partial charge in [0.2, 0.25) is 0 Å². The Morgan fingerprint density at radius 3 is 2.94 bits per heavy atom. The summed E-state index contributed by atoms with van der Waals surface area (Å²) in [6, 6.07) is 8.74. The Hall–Kier alpha value is -0.710. The zero-order valence-electron chi connectivity index (χ0n) is 9.90. The molecule has 0 amide bonds. The van der Waals surface area contributed by atoms with E-state index in [0.29, 0.717) is 6.04 Å². The number of aryl methyl sites for hydroxylation is 1. The molecule has 0 fully saturated rings. The highest BCUT2D eigenvalue weighted by Crippen LogP contribution is 2.19. The fourth-order valence-corrected chi connectivity index (χ4v) is 2.78. The molecule has 1 aromatic heterocycles. The number of benzene rings is 1. The number of nitrogens with one attached hydrogen (secondary N) is 1. The van der Waals surface area contributed by atoms with Crippen LogP contribution >= 0.6 is 27.3 Å². The van der Waals surface area contributed by atoms with Crippen LogP contribution in [-0.4, -0.2) is 4.98 Å². The van der Waals surface area contributed by atoms with E-state index in [2.05, 4.69) is 58.3 Å². The third-order valence-corrected chi connectivity index (χ3v) is 4.19. The predicted molar refractivity (Wildman–Crippen MR) is 76.2 cm³/mol. The summed E-state index contributed by atoms with van der Waals surface area (Å²) in [5, 5.41) is 3.52. The SMILES string of the molecule is Cc1ncsc1CN[C@@H](C)c1cccc(Br)c1. The van der Waals surface area contributed by atoms with Crippen LogP contribution in [0.1, 0.15) is 29.1 Å². The van der Waals surface area contributed by atoms with Gasteiger partial charge in [-0.05, 0) is 31.5 Å². The van der Waals surface area contributed by atoms with Gasteiger partial charge >= 0.3 is 0 Å². The molecule has 2 aromatic rings. The van der Waals surface area contributed by atoms with Crippen molar-refractivity contribution in [1.82, 2.24) is 10.3 Å². The van der Waals surface area contributed by atoms with Gasteiger partial charge in [0, 0.05) is 21.9 Å². The number of aromatic nitrogens is 1. The average molecular weight is 311 g/mol. The summed E-state index contributed by atoms with van der Waals surface area (Å²) >= 11 is 5.20. The van der Waals surface area contributed by atoms with Gasteiger partial charge in [-0.25, -0.2) is 4.98 Å². The smallest absolute Gasteiger partial charge is 0.0798 e. The van der Waals surface area contributed by atoms with Crippen LogP contribution in [0.15, 0.2) is 34.2 Å². The summed E-state index contributed by atoms with van der Waals surface area (Å²) in [7, 11) is 0. The molecule has 0 aliphatic rings. The Balaban J connectivity index is 1.98. The number of nitrogens with zero attached hydrogens (tertiary/aromatic N) is 1. The molecule has 0 bridgehead atoms. The molecule has 0 unspecified atom stereocenters. The van der Waals surface area contributed by atoms with Crippen LogP contribution in [0, 0.1) is 6.92 Å². The number of rotatable bonds is 4. The van der Waals surface area contributed by atoms with Crippen molar-refractivity contribution in [2.45, 2.75) is 26.4 Å². The maximum absolute atomic E-state index is 4.25. The molecular formula is C13H15BrN2S. The number of hydrogen-bond donors (Lipinski definition) is 1. The normalized spacial score (nSPS) is 12.6. The summed E-state index contributed by atoms with van der Waals surface area (Å²) in [6.45, 7) is 5.11. The monoisotopic (exact) mass is 310 g/mol. The molecule has 0 saturated heterocycles. The standard InChI is InChI=1S/C13H15BrN2S/c1-9(11-4-3-5-12(14)6-11)15-7-13-10(2)16-8-17-13/h3-6,8-9,15H,7H2,1-2H3/t9-/m0/s1. The van der Waals surface area contributed by atoms with Gasteiger partial charge < -0.3 is 5.32 Å². The molecule has 2 rings (SSSR count). The van der Waals surface area contributed by atoms with E-state index < -0.39 is 0 Å². The van der Waals surface area contributed by atoms with E-state index in [0.717, 1.165) is 16.7 Å². The van der Waals surface area contributed by atoms with Gasteiger partial charge in [-0.15, -0.1) is 11.3 Å². The van der Waals surface area contributed by atoms with Gasteiger partial charge in [-0.1, -0.05) is 28.1 Å². The maximum Gasteiger partial charge on any atom is 0.0798 e. The molecule has 4 heteroatoms. The predicted octanol–water partition coefficient (Wildman–Crippen LogP) is 4.06. The van der Waals surface area contributed by atoms with Gasteiger partial charge in [-0.2, -0.15) is 0 Å². The van der Waals surface area contributed by atoms with Crippen molar-refractivity contribution in [1.29, 1.82) is 0 Å². The summed E-state index contributed by atoms with van der Waals surface area (Å²) in [5.41, 5.74) is 4.32. The molecule has 1 atom stereocenters. The van der Waals surface area contributed by atoms with Crippen LogP contribution in [0.25, 0.3) is 0 Å². The Morgan fingerprint density at radius 1 is 1.47 bits per heavy atom. The van der Waals surface area contributed by atoms with E-state index in [1.165, 1.54) is 10.4 Å². The van der Waals surface area contributed by atoms with Crippen molar-refractivity contribution >= 4 is 27.3 Å². The summed E-state index contributed by atoms with van der Waals surface area (Å²) in [4.78, 5) is 5.56. The van der Waals surface area contributed by atoms with Crippen LogP contribution in [0.5, 0.6) is 0 Å². The minimum absolute atomic E-state index is 0.342. The van der Waals surface area contributed by atoms with Gasteiger partial charge in [0.25, 0.3) is 0 Å². The Morgan fingerprint density at radius 2 is 2.29 bits per heavy atom. The van der Waals surface area contributed by atoms with Crippen LogP contribution in [0.3, 0.4) is 0 Å².